The number of rotatable bonds is 4. The second-order valence-electron chi connectivity index (χ2n) is 18.3. The SMILES string of the molecule is c1ccc2c(c1)-c1ccccc1-c1ccc(-c3ccccc3-n3c4ccccc4c4cc(-n5c6ccccc6c6ccccc65)ccc43)c(-n3c4ccccc4c4ccccc43)c1-c1ccccc1-2. The van der Waals surface area contributed by atoms with E-state index in [1.54, 1.807) is 0 Å². The van der Waals surface area contributed by atoms with Crippen LogP contribution in [0.4, 0.5) is 0 Å². The first kappa shape index (κ1) is 38.0. The smallest absolute Gasteiger partial charge is 0.0626 e. The zero-order valence-corrected chi connectivity index (χ0v) is 37.5. The molecule has 15 rings (SSSR count). The van der Waals surface area contributed by atoms with Crippen LogP contribution in [0.3, 0.4) is 0 Å². The molecule has 3 aromatic heterocycles. The number of hydrogen-bond acceptors (Lipinski definition) is 0. The molecule has 3 nitrogen and oxygen atoms in total. The molecule has 0 atom stereocenters. The molecular weight excluding hydrogens is 835 g/mol. The second kappa shape index (κ2) is 14.7. The molecule has 0 fully saturated rings. The molecule has 0 unspecified atom stereocenters. The van der Waals surface area contributed by atoms with Gasteiger partial charge in [0.05, 0.1) is 44.5 Å². The molecule has 14 aromatic rings. The summed E-state index contributed by atoms with van der Waals surface area (Å²) >= 11 is 0. The van der Waals surface area contributed by atoms with Crippen LogP contribution in [0.25, 0.3) is 138 Å². The van der Waals surface area contributed by atoms with Crippen LogP contribution in [0.2, 0.25) is 0 Å². The molecule has 1 aliphatic carbocycles. The Hall–Kier alpha value is -9.18. The van der Waals surface area contributed by atoms with Gasteiger partial charge in [0.15, 0.2) is 0 Å². The van der Waals surface area contributed by atoms with Gasteiger partial charge in [-0.15, -0.1) is 0 Å². The zero-order chi connectivity index (χ0) is 45.2. The second-order valence-corrected chi connectivity index (χ2v) is 18.3. The molecule has 3 heteroatoms. The Morgan fingerprint density at radius 1 is 0.203 bits per heavy atom. The number of para-hydroxylation sites is 6. The fourth-order valence-corrected chi connectivity index (χ4v) is 12.0. The van der Waals surface area contributed by atoms with Gasteiger partial charge in [0.1, 0.15) is 0 Å². The fraction of sp³-hybridized carbons (Fsp3) is 0. The molecule has 3 heterocycles. The first-order valence-corrected chi connectivity index (χ1v) is 23.9. The lowest BCUT2D eigenvalue weighted by Gasteiger charge is -2.28. The predicted octanol–water partition coefficient (Wildman–Crippen LogP) is 17.6. The summed E-state index contributed by atoms with van der Waals surface area (Å²) < 4.78 is 7.49. The fourth-order valence-electron chi connectivity index (χ4n) is 12.0. The van der Waals surface area contributed by atoms with E-state index in [0.29, 0.717) is 0 Å². The first-order chi connectivity index (χ1) is 34.3. The van der Waals surface area contributed by atoms with Crippen LogP contribution in [-0.4, -0.2) is 13.7 Å². The minimum atomic E-state index is 1.13. The van der Waals surface area contributed by atoms with Gasteiger partial charge < -0.3 is 13.7 Å². The van der Waals surface area contributed by atoms with Crippen molar-refractivity contribution in [2.24, 2.45) is 0 Å². The van der Waals surface area contributed by atoms with Crippen LogP contribution in [0.15, 0.2) is 249 Å². The van der Waals surface area contributed by atoms with Gasteiger partial charge in [0, 0.05) is 54.7 Å². The van der Waals surface area contributed by atoms with Crippen molar-refractivity contribution in [2.45, 2.75) is 0 Å². The third-order valence-electron chi connectivity index (χ3n) is 14.8. The van der Waals surface area contributed by atoms with Gasteiger partial charge in [-0.05, 0) is 93.5 Å². The molecule has 0 saturated carbocycles. The molecule has 1 aliphatic rings. The summed E-state index contributed by atoms with van der Waals surface area (Å²) in [6.45, 7) is 0. The van der Waals surface area contributed by atoms with E-state index in [1.165, 1.54) is 104 Å². The van der Waals surface area contributed by atoms with Gasteiger partial charge in [-0.3, -0.25) is 0 Å². The number of benzene rings is 11. The van der Waals surface area contributed by atoms with E-state index < -0.39 is 0 Å². The summed E-state index contributed by atoms with van der Waals surface area (Å²) in [6, 6.07) is 92.2. The van der Waals surface area contributed by atoms with E-state index in [0.717, 1.165) is 33.7 Å². The summed E-state index contributed by atoms with van der Waals surface area (Å²) in [5.74, 6) is 0. The van der Waals surface area contributed by atoms with Crippen molar-refractivity contribution in [3.63, 3.8) is 0 Å². The van der Waals surface area contributed by atoms with Crippen molar-refractivity contribution in [1.29, 1.82) is 0 Å². The van der Waals surface area contributed by atoms with Crippen molar-refractivity contribution in [2.75, 3.05) is 0 Å². The standard InChI is InChI=1S/C66H41N3/c1-2-20-44-43(19-1)45-21-3-4-23-47(45)55-38-39-56(66(65(55)54-30-6-5-22-46(44)54)69-62-35-17-9-26-50(62)51-27-10-18-36-63(51)69)52-28-11-15-33-60(52)68-61-34-16-12-29-53(61)57-41-42(37-40-64(57)68)67-58-31-13-7-24-48(58)49-25-8-14-32-59(49)67/h1-41H. The van der Waals surface area contributed by atoms with E-state index in [2.05, 4.69) is 262 Å². The third kappa shape index (κ3) is 5.38. The molecule has 0 aliphatic heterocycles. The topological polar surface area (TPSA) is 14.8 Å². The molecule has 11 aromatic carbocycles. The van der Waals surface area contributed by atoms with Gasteiger partial charge in [-0.1, -0.05) is 194 Å². The van der Waals surface area contributed by atoms with Crippen LogP contribution < -0.4 is 0 Å². The maximum absolute atomic E-state index is 2.56. The lowest BCUT2D eigenvalue weighted by Crippen LogP contribution is -2.06. The normalized spacial score (nSPS) is 12.1. The number of hydrogen-bond donors (Lipinski definition) is 0. The predicted molar refractivity (Wildman–Crippen MR) is 290 cm³/mol. The minimum absolute atomic E-state index is 1.13. The summed E-state index contributed by atoms with van der Waals surface area (Å²) in [5.41, 5.74) is 22.6. The monoisotopic (exact) mass is 875 g/mol. The van der Waals surface area contributed by atoms with Gasteiger partial charge in [0.2, 0.25) is 0 Å². The lowest BCUT2D eigenvalue weighted by molar-refractivity contribution is 1.16. The number of fused-ring (bicyclic) bond motifs is 17. The Balaban J connectivity index is 1.06. The van der Waals surface area contributed by atoms with Gasteiger partial charge >= 0.3 is 0 Å². The van der Waals surface area contributed by atoms with Crippen LogP contribution in [0.1, 0.15) is 0 Å². The van der Waals surface area contributed by atoms with Crippen LogP contribution in [0, 0.1) is 0 Å². The molecule has 320 valence electrons. The molecule has 0 N–H and O–H groups in total. The van der Waals surface area contributed by atoms with E-state index in [-0.39, 0.29) is 0 Å². The van der Waals surface area contributed by atoms with Crippen LogP contribution >= 0.6 is 0 Å². The van der Waals surface area contributed by atoms with E-state index in [1.807, 2.05) is 0 Å². The molecular formula is C66H41N3. The molecule has 0 radical (unpaired) electrons. The third-order valence-corrected chi connectivity index (χ3v) is 14.8. The van der Waals surface area contributed by atoms with E-state index in [4.69, 9.17) is 0 Å². The summed E-state index contributed by atoms with van der Waals surface area (Å²) in [6.07, 6.45) is 0. The number of nitrogens with zero attached hydrogens (tertiary/aromatic N) is 3. The summed E-state index contributed by atoms with van der Waals surface area (Å²) in [4.78, 5) is 0. The maximum atomic E-state index is 2.56. The average Bonchev–Trinajstić information content (AvgIpc) is 4.06. The number of aromatic nitrogens is 3. The summed E-state index contributed by atoms with van der Waals surface area (Å²) in [5, 5.41) is 7.41. The van der Waals surface area contributed by atoms with Gasteiger partial charge in [0.25, 0.3) is 0 Å². The van der Waals surface area contributed by atoms with Crippen molar-refractivity contribution in [3.05, 3.63) is 249 Å². The van der Waals surface area contributed by atoms with Crippen molar-refractivity contribution < 1.29 is 0 Å². The van der Waals surface area contributed by atoms with E-state index >= 15 is 0 Å². The zero-order valence-electron chi connectivity index (χ0n) is 37.5. The average molecular weight is 876 g/mol. The highest BCUT2D eigenvalue weighted by Gasteiger charge is 2.29. The Morgan fingerprint density at radius 2 is 0.551 bits per heavy atom. The Labute approximate surface area is 398 Å². The molecule has 69 heavy (non-hydrogen) atoms. The molecule has 0 amide bonds. The maximum Gasteiger partial charge on any atom is 0.0626 e. The van der Waals surface area contributed by atoms with Crippen molar-refractivity contribution in [1.82, 2.24) is 13.7 Å². The quantitative estimate of drug-likeness (QED) is 0.167. The van der Waals surface area contributed by atoms with Gasteiger partial charge in [-0.2, -0.15) is 0 Å². The molecule has 0 spiro atoms. The highest BCUT2D eigenvalue weighted by atomic mass is 15.0. The molecule has 0 saturated heterocycles. The first-order valence-electron chi connectivity index (χ1n) is 23.9. The highest BCUT2D eigenvalue weighted by Crippen LogP contribution is 2.53. The van der Waals surface area contributed by atoms with Crippen molar-refractivity contribution >= 4 is 65.4 Å². The van der Waals surface area contributed by atoms with Crippen LogP contribution in [0.5, 0.6) is 0 Å². The summed E-state index contributed by atoms with van der Waals surface area (Å²) in [7, 11) is 0. The van der Waals surface area contributed by atoms with Crippen LogP contribution in [-0.2, 0) is 0 Å². The largest absolute Gasteiger partial charge is 0.309 e. The molecule has 0 bridgehead atoms. The Kier molecular flexibility index (Phi) is 8.07. The Bertz CT molecular complexity index is 4330. The van der Waals surface area contributed by atoms with Crippen molar-refractivity contribution in [3.8, 4) is 72.7 Å². The lowest BCUT2D eigenvalue weighted by atomic mass is 9.79. The van der Waals surface area contributed by atoms with Gasteiger partial charge in [-0.25, -0.2) is 0 Å². The van der Waals surface area contributed by atoms with E-state index in [9.17, 15) is 0 Å². The highest BCUT2D eigenvalue weighted by molar-refractivity contribution is 6.15. The minimum Gasteiger partial charge on any atom is -0.309 e. The Morgan fingerprint density at radius 3 is 1.07 bits per heavy atom.